The molecule has 0 fully saturated rings. The second-order valence-corrected chi connectivity index (χ2v) is 5.65. The minimum Gasteiger partial charge on any atom is -0.465 e. The molecule has 1 aromatic carbocycles. The zero-order chi connectivity index (χ0) is 12.6. The van der Waals surface area contributed by atoms with Gasteiger partial charge in [-0.05, 0) is 28.5 Å². The zero-order valence-corrected chi connectivity index (χ0v) is 10.7. The quantitative estimate of drug-likeness (QED) is 0.748. The van der Waals surface area contributed by atoms with E-state index in [9.17, 15) is 4.79 Å². The highest BCUT2D eigenvalue weighted by Crippen LogP contribution is 2.31. The van der Waals surface area contributed by atoms with E-state index < -0.39 is 6.09 Å². The van der Waals surface area contributed by atoms with Gasteiger partial charge in [0.25, 0.3) is 0 Å². The van der Waals surface area contributed by atoms with E-state index in [1.54, 1.807) is 0 Å². The maximum Gasteiger partial charge on any atom is 0.407 e. The predicted octanol–water partition coefficient (Wildman–Crippen LogP) is 3.02. The van der Waals surface area contributed by atoms with Crippen molar-refractivity contribution >= 4 is 6.09 Å². The van der Waals surface area contributed by atoms with Crippen LogP contribution in [-0.2, 0) is 18.4 Å². The van der Waals surface area contributed by atoms with Crippen molar-refractivity contribution in [2.24, 2.45) is 0 Å². The topological polar surface area (TPSA) is 40.5 Å². The van der Waals surface area contributed by atoms with Crippen molar-refractivity contribution in [2.75, 3.05) is 6.54 Å². The van der Waals surface area contributed by atoms with Gasteiger partial charge in [0, 0.05) is 13.1 Å². The van der Waals surface area contributed by atoms with E-state index in [0.29, 0.717) is 13.1 Å². The molecule has 0 bridgehead atoms. The molecule has 0 saturated carbocycles. The largest absolute Gasteiger partial charge is 0.465 e. The molecule has 1 aliphatic heterocycles. The number of fused-ring (bicyclic) bond motifs is 1. The normalized spacial score (nSPS) is 15.6. The Balaban J connectivity index is 2.39. The Morgan fingerprint density at radius 1 is 1.35 bits per heavy atom. The molecule has 17 heavy (non-hydrogen) atoms. The van der Waals surface area contributed by atoms with Crippen LogP contribution in [-0.4, -0.2) is 22.6 Å². The van der Waals surface area contributed by atoms with Gasteiger partial charge in [0.2, 0.25) is 0 Å². The average molecular weight is 233 g/mol. The number of carboxylic acid groups (broad SMARTS) is 1. The third-order valence-corrected chi connectivity index (χ3v) is 3.34. The van der Waals surface area contributed by atoms with Gasteiger partial charge in [0.05, 0.1) is 0 Å². The summed E-state index contributed by atoms with van der Waals surface area (Å²) in [6.45, 7) is 7.73. The highest BCUT2D eigenvalue weighted by Gasteiger charge is 2.25. The fourth-order valence-electron chi connectivity index (χ4n) is 2.48. The average Bonchev–Trinajstić information content (AvgIpc) is 2.26. The molecule has 0 radical (unpaired) electrons. The smallest absolute Gasteiger partial charge is 0.407 e. The van der Waals surface area contributed by atoms with E-state index >= 15 is 0 Å². The van der Waals surface area contributed by atoms with Crippen molar-refractivity contribution in [1.82, 2.24) is 4.90 Å². The Morgan fingerprint density at radius 3 is 2.65 bits per heavy atom. The van der Waals surface area contributed by atoms with E-state index in [2.05, 4.69) is 26.8 Å². The van der Waals surface area contributed by atoms with Crippen LogP contribution in [0, 0.1) is 0 Å². The van der Waals surface area contributed by atoms with Crippen LogP contribution in [0.1, 0.15) is 37.5 Å². The standard InChI is InChI=1S/C14H19NO2/c1-14(2,3)12-6-4-5-10-9-15(13(16)17)8-7-11(10)12/h4-6H,7-9H2,1-3H3,(H,16,17). The Kier molecular flexibility index (Phi) is 2.86. The van der Waals surface area contributed by atoms with Gasteiger partial charge in [-0.15, -0.1) is 0 Å². The molecule has 3 heteroatoms. The summed E-state index contributed by atoms with van der Waals surface area (Å²) < 4.78 is 0. The van der Waals surface area contributed by atoms with Gasteiger partial charge in [-0.2, -0.15) is 0 Å². The Hall–Kier alpha value is -1.51. The minimum absolute atomic E-state index is 0.122. The summed E-state index contributed by atoms with van der Waals surface area (Å²) in [6, 6.07) is 6.24. The summed E-state index contributed by atoms with van der Waals surface area (Å²) in [5, 5.41) is 9.02. The molecule has 92 valence electrons. The van der Waals surface area contributed by atoms with Crippen LogP contribution >= 0.6 is 0 Å². The fraction of sp³-hybridized carbons (Fsp3) is 0.500. The molecule has 0 aliphatic carbocycles. The highest BCUT2D eigenvalue weighted by atomic mass is 16.4. The van der Waals surface area contributed by atoms with Crippen LogP contribution in [0.15, 0.2) is 18.2 Å². The molecule has 0 aromatic heterocycles. The van der Waals surface area contributed by atoms with Crippen LogP contribution in [0.2, 0.25) is 0 Å². The number of hydrogen-bond acceptors (Lipinski definition) is 1. The van der Waals surface area contributed by atoms with Crippen molar-refractivity contribution in [1.29, 1.82) is 0 Å². The number of nitrogens with zero attached hydrogens (tertiary/aromatic N) is 1. The molecule has 1 aliphatic rings. The second kappa shape index (κ2) is 4.06. The van der Waals surface area contributed by atoms with E-state index in [-0.39, 0.29) is 5.41 Å². The van der Waals surface area contributed by atoms with Crippen LogP contribution < -0.4 is 0 Å². The van der Waals surface area contributed by atoms with Gasteiger partial charge in [0.1, 0.15) is 0 Å². The molecule has 0 unspecified atom stereocenters. The van der Waals surface area contributed by atoms with Gasteiger partial charge >= 0.3 is 6.09 Å². The van der Waals surface area contributed by atoms with Gasteiger partial charge in [-0.1, -0.05) is 39.0 Å². The predicted molar refractivity (Wildman–Crippen MR) is 67.3 cm³/mol. The number of amides is 1. The third kappa shape index (κ3) is 2.28. The molecule has 1 aromatic rings. The molecular formula is C14H19NO2. The summed E-state index contributed by atoms with van der Waals surface area (Å²) >= 11 is 0. The molecular weight excluding hydrogens is 214 g/mol. The van der Waals surface area contributed by atoms with Gasteiger partial charge in [0.15, 0.2) is 0 Å². The summed E-state index contributed by atoms with van der Waals surface area (Å²) in [4.78, 5) is 12.5. The lowest BCUT2D eigenvalue weighted by atomic mass is 9.80. The lowest BCUT2D eigenvalue weighted by Crippen LogP contribution is -2.35. The number of rotatable bonds is 0. The van der Waals surface area contributed by atoms with E-state index in [1.807, 2.05) is 12.1 Å². The minimum atomic E-state index is -0.822. The molecule has 1 amide bonds. The summed E-state index contributed by atoms with van der Waals surface area (Å²) in [5.74, 6) is 0. The first kappa shape index (κ1) is 12.0. The van der Waals surface area contributed by atoms with Crippen molar-refractivity contribution in [3.05, 3.63) is 34.9 Å². The molecule has 3 nitrogen and oxygen atoms in total. The van der Waals surface area contributed by atoms with E-state index in [0.717, 1.165) is 12.0 Å². The van der Waals surface area contributed by atoms with Crippen molar-refractivity contribution < 1.29 is 9.90 Å². The van der Waals surface area contributed by atoms with E-state index in [4.69, 9.17) is 5.11 Å². The summed E-state index contributed by atoms with van der Waals surface area (Å²) in [5.41, 5.74) is 3.97. The monoisotopic (exact) mass is 233 g/mol. The third-order valence-electron chi connectivity index (χ3n) is 3.34. The lowest BCUT2D eigenvalue weighted by molar-refractivity contribution is 0.139. The zero-order valence-electron chi connectivity index (χ0n) is 10.7. The van der Waals surface area contributed by atoms with Gasteiger partial charge < -0.3 is 10.0 Å². The highest BCUT2D eigenvalue weighted by molar-refractivity contribution is 5.65. The van der Waals surface area contributed by atoms with Crippen LogP contribution in [0.25, 0.3) is 0 Å². The fourth-order valence-corrected chi connectivity index (χ4v) is 2.48. The Labute approximate surface area is 102 Å². The summed E-state index contributed by atoms with van der Waals surface area (Å²) in [7, 11) is 0. The molecule has 0 spiro atoms. The molecule has 0 saturated heterocycles. The molecule has 1 heterocycles. The van der Waals surface area contributed by atoms with E-state index in [1.165, 1.54) is 16.0 Å². The first-order chi connectivity index (χ1) is 7.89. The first-order valence-corrected chi connectivity index (χ1v) is 5.98. The number of carbonyl (C=O) groups is 1. The SMILES string of the molecule is CC(C)(C)c1cccc2c1CCN(C(=O)O)C2. The first-order valence-electron chi connectivity index (χ1n) is 5.98. The lowest BCUT2D eigenvalue weighted by Gasteiger charge is -2.31. The van der Waals surface area contributed by atoms with Crippen LogP contribution in [0.5, 0.6) is 0 Å². The van der Waals surface area contributed by atoms with Crippen molar-refractivity contribution in [3.63, 3.8) is 0 Å². The Bertz CT molecular complexity index is 446. The molecule has 2 rings (SSSR count). The maximum absolute atomic E-state index is 11.0. The van der Waals surface area contributed by atoms with Gasteiger partial charge in [-0.3, -0.25) is 0 Å². The van der Waals surface area contributed by atoms with Crippen LogP contribution in [0.3, 0.4) is 0 Å². The van der Waals surface area contributed by atoms with Crippen LogP contribution in [0.4, 0.5) is 4.79 Å². The summed E-state index contributed by atoms with van der Waals surface area (Å²) in [6.07, 6.45) is 0.00605. The number of benzene rings is 1. The van der Waals surface area contributed by atoms with Gasteiger partial charge in [-0.25, -0.2) is 4.79 Å². The number of hydrogen-bond donors (Lipinski definition) is 1. The van der Waals surface area contributed by atoms with Crippen molar-refractivity contribution in [2.45, 2.75) is 39.2 Å². The second-order valence-electron chi connectivity index (χ2n) is 5.65. The molecule has 0 atom stereocenters. The van der Waals surface area contributed by atoms with Crippen molar-refractivity contribution in [3.8, 4) is 0 Å². The maximum atomic E-state index is 11.0. The molecule has 1 N–H and O–H groups in total. The Morgan fingerprint density at radius 2 is 2.06 bits per heavy atom.